The van der Waals surface area contributed by atoms with Gasteiger partial charge in [0.1, 0.15) is 47.5 Å². The highest BCUT2D eigenvalue weighted by Crippen LogP contribution is 2.89. The summed E-state index contributed by atoms with van der Waals surface area (Å²) in [7, 11) is 1.37. The minimum Gasteiger partial charge on any atom is -0.480 e. The molecule has 18 nitrogen and oxygen atoms in total. The zero-order valence-electron chi connectivity index (χ0n) is 52.6. The van der Waals surface area contributed by atoms with Crippen molar-refractivity contribution < 1.29 is 57.7 Å². The number of esters is 1. The van der Waals surface area contributed by atoms with Crippen LogP contribution in [0.25, 0.3) is 0 Å². The van der Waals surface area contributed by atoms with E-state index in [0.29, 0.717) is 25.9 Å². The van der Waals surface area contributed by atoms with Gasteiger partial charge in [0.25, 0.3) is 0 Å². The monoisotopic (exact) mass is 1140 g/mol. The summed E-state index contributed by atoms with van der Waals surface area (Å²) >= 11 is 0. The molecule has 0 radical (unpaired) electrons. The van der Waals surface area contributed by atoms with E-state index < -0.39 is 88.3 Å². The zero-order valence-corrected chi connectivity index (χ0v) is 52.6. The van der Waals surface area contributed by atoms with E-state index in [2.05, 4.69) is 49.0 Å². The Kier molecular flexibility index (Phi) is 17.7. The molecule has 8 atom stereocenters. The molecule has 8 rings (SSSR count). The Morgan fingerprint density at radius 1 is 0.481 bits per heavy atom. The fourth-order valence-corrected chi connectivity index (χ4v) is 16.9. The van der Waals surface area contributed by atoms with Crippen LogP contribution >= 0.6 is 0 Å². The molecule has 6 amide bonds. The lowest BCUT2D eigenvalue weighted by Crippen LogP contribution is -2.61. The van der Waals surface area contributed by atoms with E-state index in [1.807, 2.05) is 41.5 Å². The van der Waals surface area contributed by atoms with Crippen molar-refractivity contribution in [3.63, 3.8) is 0 Å². The van der Waals surface area contributed by atoms with Gasteiger partial charge in [-0.25, -0.2) is 19.2 Å². The average Bonchev–Trinajstić information content (AvgIpc) is 2.52. The first-order chi connectivity index (χ1) is 37.3. The Labute approximate surface area is 483 Å². The van der Waals surface area contributed by atoms with Gasteiger partial charge < -0.3 is 50.4 Å². The van der Waals surface area contributed by atoms with Crippen LogP contribution in [-0.4, -0.2) is 130 Å². The molecule has 2 saturated heterocycles. The number of carbonyl (C=O) groups excluding carboxylic acids is 7. The number of methoxy groups -OCH3 is 1. The predicted octanol–water partition coefficient (Wildman–Crippen LogP) is 9.83. The van der Waals surface area contributed by atoms with Gasteiger partial charge in [0, 0.05) is 23.9 Å². The smallest absolute Gasteiger partial charge is 0.408 e. The minimum atomic E-state index is -0.993. The summed E-state index contributed by atoms with van der Waals surface area (Å²) in [6, 6.07) is -5.07. The first-order valence-electron chi connectivity index (χ1n) is 30.8. The fourth-order valence-electron chi connectivity index (χ4n) is 16.9. The summed E-state index contributed by atoms with van der Waals surface area (Å²) < 4.78 is 16.1. The highest BCUT2D eigenvalue weighted by atomic mass is 16.6. The molecule has 0 bridgehead atoms. The van der Waals surface area contributed by atoms with Crippen LogP contribution in [-0.2, 0) is 43.0 Å². The standard InChI is InChI=1S/C32H53N3O6.C31H51N3O6/c1-28(2,3)23(34-24(36)22(20-14-11-10-12-15-20)33-27(39)41-29(4,5)6)25(37)35-19-32(18-21(35)26(38)40-9)30(7,8)31(32)16-13-17-31;1-27(2,3)22(33-23(35)21(19-13-10-9-11-14-19)32-26(39)40-28(4,5)6)24(36)34-18-31(17-20(34)25(37)38)29(7,8)30(31)15-12-16-30/h20-23H,10-19H2,1-9H3,(H,33,39)(H,34,36);19-22H,9-18H2,1-8H3,(H,32,39)(H,33,35)(H,37,38)/t21-,22-,23+,32+;20-,21-,22+,31+/m00/s1. The second kappa shape index (κ2) is 22.4. The van der Waals surface area contributed by atoms with Crippen molar-refractivity contribution in [2.75, 3.05) is 20.2 Å². The summed E-state index contributed by atoms with van der Waals surface area (Å²) in [5.74, 6) is -2.95. The molecule has 18 heteroatoms. The molecule has 0 aromatic heterocycles. The molecule has 8 aliphatic rings. The van der Waals surface area contributed by atoms with Gasteiger partial charge in [0.15, 0.2) is 0 Å². The van der Waals surface area contributed by atoms with Gasteiger partial charge in [0.05, 0.1) is 7.11 Å². The van der Waals surface area contributed by atoms with Crippen LogP contribution < -0.4 is 21.3 Å². The molecule has 458 valence electrons. The van der Waals surface area contributed by atoms with Crippen molar-refractivity contribution in [3.05, 3.63) is 0 Å². The number of alkyl carbamates (subject to hydrolysis) is 2. The largest absolute Gasteiger partial charge is 0.480 e. The molecule has 6 saturated carbocycles. The first kappa shape index (κ1) is 63.9. The van der Waals surface area contributed by atoms with Crippen LogP contribution in [0.4, 0.5) is 9.59 Å². The summed E-state index contributed by atoms with van der Waals surface area (Å²) in [6.07, 6.45) is 15.8. The molecule has 81 heavy (non-hydrogen) atoms. The zero-order chi connectivity index (χ0) is 60.5. The third-order valence-corrected chi connectivity index (χ3v) is 21.9. The highest BCUT2D eigenvalue weighted by molar-refractivity contribution is 5.95. The molecule has 4 spiro atoms. The SMILES string of the molecule is CC(C)(C)OC(=O)N[C@H](C(=O)N[C@H](C(=O)N1C[C@]2(C[C@H]1C(=O)O)C(C)(C)C21CCC1)C(C)(C)C)C1CCCCC1.COC(=O)[C@@H]1C[C@@]2(CN1C(=O)[C@@H](NC(=O)[C@@H](NC(=O)OC(C)(C)C)C1CCCCC1)C(C)(C)C)C(C)(C)C21CCC1. The van der Waals surface area contributed by atoms with E-state index in [4.69, 9.17) is 14.2 Å². The van der Waals surface area contributed by atoms with Gasteiger partial charge in [-0.3, -0.25) is 19.2 Å². The number of rotatable bonds is 12. The summed E-state index contributed by atoms with van der Waals surface area (Å²) in [4.78, 5) is 111. The summed E-state index contributed by atoms with van der Waals surface area (Å²) in [5, 5.41) is 21.9. The van der Waals surface area contributed by atoms with Crippen molar-refractivity contribution in [1.29, 1.82) is 0 Å². The maximum absolute atomic E-state index is 14.4. The van der Waals surface area contributed by atoms with E-state index in [0.717, 1.165) is 96.3 Å². The minimum absolute atomic E-state index is 0.0229. The highest BCUT2D eigenvalue weighted by Gasteiger charge is 2.86. The normalized spacial score (nSPS) is 28.7. The topological polar surface area (TPSA) is 239 Å². The third kappa shape index (κ3) is 11.8. The van der Waals surface area contributed by atoms with Crippen molar-refractivity contribution >= 4 is 47.8 Å². The third-order valence-electron chi connectivity index (χ3n) is 21.9. The lowest BCUT2D eigenvalue weighted by molar-refractivity contribution is -0.153. The van der Waals surface area contributed by atoms with Crippen LogP contribution in [0, 0.1) is 55.2 Å². The molecule has 2 aliphatic heterocycles. The molecule has 0 aromatic rings. The van der Waals surface area contributed by atoms with Crippen molar-refractivity contribution in [2.45, 2.75) is 274 Å². The second-order valence-electron chi connectivity index (χ2n) is 31.2. The number of fused-ring (bicyclic) bond motifs is 2. The number of carboxylic acids is 1. The number of likely N-dealkylation sites (tertiary alicyclic amines) is 2. The van der Waals surface area contributed by atoms with Crippen molar-refractivity contribution in [2.24, 2.45) is 55.2 Å². The van der Waals surface area contributed by atoms with Crippen LogP contribution in [0.3, 0.4) is 0 Å². The van der Waals surface area contributed by atoms with Gasteiger partial charge in [-0.1, -0.05) is 121 Å². The Hall–Kier alpha value is -4.64. The second-order valence-corrected chi connectivity index (χ2v) is 31.2. The van der Waals surface area contributed by atoms with Gasteiger partial charge >= 0.3 is 24.1 Å². The Morgan fingerprint density at radius 2 is 0.815 bits per heavy atom. The number of nitrogens with zero attached hydrogens (tertiary/aromatic N) is 2. The Bertz CT molecular complexity index is 2410. The number of hydrogen-bond donors (Lipinski definition) is 5. The molecule has 2 heterocycles. The molecule has 6 aliphatic carbocycles. The molecule has 0 unspecified atom stereocenters. The van der Waals surface area contributed by atoms with Gasteiger partial charge in [-0.05, 0) is 150 Å². The molecule has 8 fully saturated rings. The van der Waals surface area contributed by atoms with Gasteiger partial charge in [0.2, 0.25) is 23.6 Å². The van der Waals surface area contributed by atoms with E-state index in [-0.39, 0.29) is 62.0 Å². The van der Waals surface area contributed by atoms with Crippen LogP contribution in [0.15, 0.2) is 0 Å². The summed E-state index contributed by atoms with van der Waals surface area (Å²) in [5.41, 5.74) is -2.79. The Balaban J connectivity index is 0.000000234. The number of amides is 6. The van der Waals surface area contributed by atoms with E-state index in [1.165, 1.54) is 18.4 Å². The molecular formula is C63H104N6O12. The van der Waals surface area contributed by atoms with E-state index >= 15 is 0 Å². The number of carboxylic acid groups (broad SMARTS) is 1. The van der Waals surface area contributed by atoms with Crippen molar-refractivity contribution in [3.8, 4) is 0 Å². The van der Waals surface area contributed by atoms with Gasteiger partial charge in [-0.15, -0.1) is 0 Å². The lowest BCUT2D eigenvalue weighted by Gasteiger charge is -2.37. The molecule has 5 N–H and O–H groups in total. The first-order valence-corrected chi connectivity index (χ1v) is 30.8. The average molecular weight is 1140 g/mol. The lowest BCUT2D eigenvalue weighted by atomic mass is 9.73. The fraction of sp³-hybridized carbons (Fsp3) is 0.873. The number of aliphatic carboxylic acids is 1. The number of ether oxygens (including phenoxy) is 3. The Morgan fingerprint density at radius 3 is 1.09 bits per heavy atom. The van der Waals surface area contributed by atoms with Gasteiger partial charge in [-0.2, -0.15) is 0 Å². The van der Waals surface area contributed by atoms with E-state index in [1.54, 1.807) is 46.4 Å². The van der Waals surface area contributed by atoms with Crippen LogP contribution in [0.2, 0.25) is 0 Å². The number of hydrogen-bond acceptors (Lipinski definition) is 11. The van der Waals surface area contributed by atoms with E-state index in [9.17, 15) is 43.5 Å². The maximum atomic E-state index is 14.4. The predicted molar refractivity (Wildman–Crippen MR) is 307 cm³/mol. The molecular weight excluding hydrogens is 1030 g/mol. The van der Waals surface area contributed by atoms with Crippen LogP contribution in [0.1, 0.15) is 226 Å². The summed E-state index contributed by atoms with van der Waals surface area (Å²) in [6.45, 7) is 31.9. The number of carbonyl (C=O) groups is 8. The maximum Gasteiger partial charge on any atom is 0.408 e. The van der Waals surface area contributed by atoms with Crippen molar-refractivity contribution in [1.82, 2.24) is 31.1 Å². The number of nitrogens with one attached hydrogen (secondary N) is 4. The quantitative estimate of drug-likeness (QED) is 0.0907. The van der Waals surface area contributed by atoms with Crippen LogP contribution in [0.5, 0.6) is 0 Å². The molecule has 0 aromatic carbocycles.